The van der Waals surface area contributed by atoms with Crippen LogP contribution >= 0.6 is 22.9 Å². The van der Waals surface area contributed by atoms with Crippen molar-refractivity contribution < 1.29 is 4.79 Å². The second kappa shape index (κ2) is 7.52. The predicted molar refractivity (Wildman–Crippen MR) is 117 cm³/mol. The molecular formula is C21H21ClN6OS. The minimum Gasteiger partial charge on any atom is -0.333 e. The Labute approximate surface area is 182 Å². The number of rotatable bonds is 5. The van der Waals surface area contributed by atoms with Gasteiger partial charge in [0.2, 0.25) is 0 Å². The van der Waals surface area contributed by atoms with Crippen LogP contribution in [0.25, 0.3) is 10.2 Å². The molecule has 0 fully saturated rings. The maximum atomic E-state index is 13.1. The van der Waals surface area contributed by atoms with Crippen LogP contribution in [-0.4, -0.2) is 42.4 Å². The minimum atomic E-state index is -0.0183. The van der Waals surface area contributed by atoms with Crippen molar-refractivity contribution in [2.24, 2.45) is 0 Å². The molecule has 1 aliphatic rings. The molecule has 0 radical (unpaired) electrons. The zero-order chi connectivity index (χ0) is 20.8. The van der Waals surface area contributed by atoms with E-state index in [2.05, 4.69) is 19.9 Å². The zero-order valence-electron chi connectivity index (χ0n) is 16.8. The molecule has 5 rings (SSSR count). The Kier molecular flexibility index (Phi) is 4.83. The number of hydrogen-bond donors (Lipinski definition) is 0. The number of carbonyl (C=O) groups is 1. The van der Waals surface area contributed by atoms with Gasteiger partial charge >= 0.3 is 0 Å². The molecule has 0 bridgehead atoms. The number of nitrogens with zero attached hydrogens (tertiary/aromatic N) is 6. The fourth-order valence-corrected chi connectivity index (χ4v) is 5.26. The Morgan fingerprint density at radius 1 is 1.30 bits per heavy atom. The molecule has 1 aliphatic heterocycles. The molecule has 4 heterocycles. The van der Waals surface area contributed by atoms with E-state index < -0.39 is 0 Å². The van der Waals surface area contributed by atoms with Crippen LogP contribution in [-0.2, 0) is 26.1 Å². The van der Waals surface area contributed by atoms with E-state index in [0.29, 0.717) is 23.0 Å². The van der Waals surface area contributed by atoms with Crippen LogP contribution in [0, 0.1) is 6.92 Å². The Morgan fingerprint density at radius 2 is 2.13 bits per heavy atom. The van der Waals surface area contributed by atoms with E-state index in [1.54, 1.807) is 4.90 Å². The first-order valence-electron chi connectivity index (χ1n) is 9.88. The topological polar surface area (TPSA) is 68.8 Å². The second-order valence-corrected chi connectivity index (χ2v) is 9.05. The highest BCUT2D eigenvalue weighted by Crippen LogP contribution is 2.30. The van der Waals surface area contributed by atoms with E-state index in [9.17, 15) is 4.79 Å². The third-order valence-corrected chi connectivity index (χ3v) is 7.01. The zero-order valence-corrected chi connectivity index (χ0v) is 18.4. The fourth-order valence-electron chi connectivity index (χ4n) is 3.91. The molecule has 1 amide bonds. The Balaban J connectivity index is 1.40. The van der Waals surface area contributed by atoms with Crippen LogP contribution in [0.1, 0.15) is 39.0 Å². The van der Waals surface area contributed by atoms with Crippen LogP contribution in [0.2, 0.25) is 5.02 Å². The summed E-state index contributed by atoms with van der Waals surface area (Å²) in [5.74, 6) is 1.85. The summed E-state index contributed by atoms with van der Waals surface area (Å²) in [7, 11) is 1.81. The number of aromatic nitrogens is 5. The molecular weight excluding hydrogens is 420 g/mol. The Morgan fingerprint density at radius 3 is 2.97 bits per heavy atom. The number of fused-ring (bicyclic) bond motifs is 2. The van der Waals surface area contributed by atoms with Crippen molar-refractivity contribution in [2.75, 3.05) is 7.05 Å². The van der Waals surface area contributed by atoms with Crippen molar-refractivity contribution in [3.8, 4) is 0 Å². The number of amides is 1. The monoisotopic (exact) mass is 440 g/mol. The van der Waals surface area contributed by atoms with Gasteiger partial charge in [-0.3, -0.25) is 9.48 Å². The molecule has 7 nitrogen and oxygen atoms in total. The van der Waals surface area contributed by atoms with Crippen LogP contribution in [0.4, 0.5) is 0 Å². The first-order valence-corrected chi connectivity index (χ1v) is 11.1. The second-order valence-electron chi connectivity index (χ2n) is 7.61. The molecule has 1 aromatic carbocycles. The van der Waals surface area contributed by atoms with Crippen LogP contribution in [0.5, 0.6) is 0 Å². The van der Waals surface area contributed by atoms with Gasteiger partial charge in [0.05, 0.1) is 23.7 Å². The van der Waals surface area contributed by atoms with E-state index in [1.165, 1.54) is 11.3 Å². The molecule has 4 aromatic rings. The maximum Gasteiger partial charge on any atom is 0.264 e. The molecule has 0 saturated heterocycles. The van der Waals surface area contributed by atoms with Crippen molar-refractivity contribution in [3.05, 3.63) is 63.1 Å². The van der Waals surface area contributed by atoms with Crippen molar-refractivity contribution in [1.82, 2.24) is 29.4 Å². The summed E-state index contributed by atoms with van der Waals surface area (Å²) in [4.78, 5) is 16.5. The van der Waals surface area contributed by atoms with Gasteiger partial charge < -0.3 is 9.47 Å². The lowest BCUT2D eigenvalue weighted by Crippen LogP contribution is -2.27. The number of aryl methyl sites for hydroxylation is 2. The SMILES string of the molecule is Cc1nn(Cc2ccccc2Cl)c2sc(C(=O)N(C)Cc3nnc4n3CCC4)cc12. The summed E-state index contributed by atoms with van der Waals surface area (Å²) in [5.41, 5.74) is 1.91. The summed E-state index contributed by atoms with van der Waals surface area (Å²) in [6.07, 6.45) is 2.05. The van der Waals surface area contributed by atoms with Crippen molar-refractivity contribution in [1.29, 1.82) is 0 Å². The van der Waals surface area contributed by atoms with Gasteiger partial charge in [-0.05, 0) is 31.0 Å². The van der Waals surface area contributed by atoms with Crippen LogP contribution in [0.3, 0.4) is 0 Å². The molecule has 3 aromatic heterocycles. The molecule has 0 atom stereocenters. The highest BCUT2D eigenvalue weighted by atomic mass is 35.5. The van der Waals surface area contributed by atoms with Crippen molar-refractivity contribution >= 4 is 39.1 Å². The third kappa shape index (κ3) is 3.30. The molecule has 30 heavy (non-hydrogen) atoms. The van der Waals surface area contributed by atoms with Gasteiger partial charge in [0.25, 0.3) is 5.91 Å². The summed E-state index contributed by atoms with van der Waals surface area (Å²) in [6.45, 7) is 3.92. The maximum absolute atomic E-state index is 13.1. The Bertz CT molecular complexity index is 1260. The van der Waals surface area contributed by atoms with E-state index in [1.807, 2.05) is 49.0 Å². The van der Waals surface area contributed by atoms with E-state index in [4.69, 9.17) is 11.6 Å². The van der Waals surface area contributed by atoms with Gasteiger partial charge in [0, 0.05) is 30.4 Å². The quantitative estimate of drug-likeness (QED) is 0.471. The third-order valence-electron chi connectivity index (χ3n) is 5.51. The van der Waals surface area contributed by atoms with Crippen molar-refractivity contribution in [2.45, 2.75) is 39.4 Å². The largest absolute Gasteiger partial charge is 0.333 e. The summed E-state index contributed by atoms with van der Waals surface area (Å²) in [5, 5.41) is 14.9. The van der Waals surface area contributed by atoms with E-state index >= 15 is 0 Å². The molecule has 0 saturated carbocycles. The summed E-state index contributed by atoms with van der Waals surface area (Å²) >= 11 is 7.79. The highest BCUT2D eigenvalue weighted by molar-refractivity contribution is 7.20. The first-order chi connectivity index (χ1) is 14.5. The Hall–Kier alpha value is -2.71. The molecule has 9 heteroatoms. The van der Waals surface area contributed by atoms with Crippen LogP contribution in [0.15, 0.2) is 30.3 Å². The summed E-state index contributed by atoms with van der Waals surface area (Å²) < 4.78 is 4.05. The molecule has 0 unspecified atom stereocenters. The van der Waals surface area contributed by atoms with Gasteiger partial charge in [0.15, 0.2) is 5.82 Å². The summed E-state index contributed by atoms with van der Waals surface area (Å²) in [6, 6.07) is 9.70. The van der Waals surface area contributed by atoms with Gasteiger partial charge in [-0.2, -0.15) is 5.10 Å². The number of hydrogen-bond acceptors (Lipinski definition) is 5. The van der Waals surface area contributed by atoms with Gasteiger partial charge in [-0.1, -0.05) is 29.8 Å². The van der Waals surface area contributed by atoms with Gasteiger partial charge in [-0.15, -0.1) is 21.5 Å². The van der Waals surface area contributed by atoms with Gasteiger partial charge in [0.1, 0.15) is 10.7 Å². The molecule has 0 N–H and O–H groups in total. The average molecular weight is 441 g/mol. The lowest BCUT2D eigenvalue weighted by atomic mass is 10.2. The normalized spacial score (nSPS) is 13.2. The number of carbonyl (C=O) groups excluding carboxylic acids is 1. The highest BCUT2D eigenvalue weighted by Gasteiger charge is 2.23. The molecule has 0 spiro atoms. The van der Waals surface area contributed by atoms with Crippen molar-refractivity contribution in [3.63, 3.8) is 0 Å². The van der Waals surface area contributed by atoms with Crippen LogP contribution < -0.4 is 0 Å². The minimum absolute atomic E-state index is 0.0183. The van der Waals surface area contributed by atoms with E-state index in [-0.39, 0.29) is 5.91 Å². The number of halogens is 1. The standard InChI is InChI=1S/C21H21ClN6OS/c1-13-15-10-17(20(29)26(2)12-19-24-23-18-8-5-9-27(18)19)30-21(15)28(25-13)11-14-6-3-4-7-16(14)22/h3-4,6-7,10H,5,8-9,11-12H2,1-2H3. The lowest BCUT2D eigenvalue weighted by molar-refractivity contribution is 0.0785. The smallest absolute Gasteiger partial charge is 0.264 e. The number of thiophene rings is 1. The fraction of sp³-hybridized carbons (Fsp3) is 0.333. The van der Waals surface area contributed by atoms with E-state index in [0.717, 1.165) is 52.5 Å². The average Bonchev–Trinajstić information content (AvgIpc) is 3.48. The lowest BCUT2D eigenvalue weighted by Gasteiger charge is -2.15. The molecule has 154 valence electrons. The number of benzene rings is 1. The predicted octanol–water partition coefficient (Wildman–Crippen LogP) is 3.92. The molecule has 0 aliphatic carbocycles. The first kappa shape index (κ1) is 19.3. The van der Waals surface area contributed by atoms with Gasteiger partial charge in [-0.25, -0.2) is 0 Å².